The van der Waals surface area contributed by atoms with Gasteiger partial charge in [-0.05, 0) is 12.1 Å². The third-order valence-electron chi connectivity index (χ3n) is 4.72. The van der Waals surface area contributed by atoms with E-state index in [9.17, 15) is 4.79 Å². The second-order valence-corrected chi connectivity index (χ2v) is 6.71. The maximum atomic E-state index is 12.1. The van der Waals surface area contributed by atoms with Gasteiger partial charge in [0.25, 0.3) is 0 Å². The van der Waals surface area contributed by atoms with Gasteiger partial charge in [0.1, 0.15) is 6.61 Å². The van der Waals surface area contributed by atoms with Crippen molar-refractivity contribution in [3.05, 3.63) is 48.5 Å². The molecule has 2 aromatic carbocycles. The number of nitrogens with one attached hydrogen (secondary N) is 1. The fourth-order valence-corrected chi connectivity index (χ4v) is 3.30. The van der Waals surface area contributed by atoms with Gasteiger partial charge >= 0.3 is 5.97 Å². The molecule has 31 heavy (non-hydrogen) atoms. The lowest BCUT2D eigenvalue weighted by Gasteiger charge is -2.19. The van der Waals surface area contributed by atoms with Gasteiger partial charge < -0.3 is 20.3 Å². The first kappa shape index (κ1) is 26.9. The minimum atomic E-state index is -0.284. The Labute approximate surface area is 194 Å². The van der Waals surface area contributed by atoms with E-state index < -0.39 is 0 Å². The molecule has 0 radical (unpaired) electrons. The first-order valence-electron chi connectivity index (χ1n) is 9.84. The number of para-hydroxylation sites is 2. The summed E-state index contributed by atoms with van der Waals surface area (Å²) in [6.45, 7) is 2.08. The Kier molecular flexibility index (Phi) is 12.1. The van der Waals surface area contributed by atoms with Crippen LogP contribution in [0, 0.1) is 0 Å². The van der Waals surface area contributed by atoms with Crippen molar-refractivity contribution in [3.63, 3.8) is 0 Å². The van der Waals surface area contributed by atoms with E-state index in [0.29, 0.717) is 26.2 Å². The Balaban J connectivity index is 0.00000240. The molecule has 9 heteroatoms. The molecular formula is C22H29Cl2N3O4. The third kappa shape index (κ3) is 7.48. The summed E-state index contributed by atoms with van der Waals surface area (Å²) in [6.07, 6.45) is 0.241. The second-order valence-electron chi connectivity index (χ2n) is 6.71. The first-order valence-corrected chi connectivity index (χ1v) is 9.84. The zero-order valence-corrected chi connectivity index (χ0v) is 18.8. The zero-order chi connectivity index (χ0) is 20.5. The number of ether oxygens (including phenoxy) is 1. The van der Waals surface area contributed by atoms with E-state index in [4.69, 9.17) is 19.9 Å². The first-order chi connectivity index (χ1) is 14.2. The fourth-order valence-electron chi connectivity index (χ4n) is 3.30. The Hall–Kier alpha value is -2.16. The number of halogens is 2. The van der Waals surface area contributed by atoms with Gasteiger partial charge in [-0.2, -0.15) is 0 Å². The number of aliphatic hydroxyl groups excluding tert-OH is 2. The third-order valence-corrected chi connectivity index (χ3v) is 4.72. The largest absolute Gasteiger partial charge is 0.464 e. The fraction of sp³-hybridized carbons (Fsp3) is 0.364. The molecule has 170 valence electrons. The standard InChI is InChI=1S/C22H27N3O4.2ClH/c26-14-11-25(12-15-27)13-16-29-21(28)9-10-23-22-17-5-1-3-7-19(17)24-20-8-4-2-6-18(20)22;;/h1-8,26-27H,9-16H2,(H,23,24);2*1H. The summed E-state index contributed by atoms with van der Waals surface area (Å²) in [5, 5.41) is 23.4. The lowest BCUT2D eigenvalue weighted by atomic mass is 10.1. The number of aliphatic hydroxyl groups is 2. The monoisotopic (exact) mass is 469 g/mol. The van der Waals surface area contributed by atoms with Crippen LogP contribution in [0.4, 0.5) is 5.69 Å². The number of rotatable bonds is 11. The Bertz CT molecular complexity index is 898. The maximum Gasteiger partial charge on any atom is 0.307 e. The van der Waals surface area contributed by atoms with Crippen molar-refractivity contribution in [3.8, 4) is 0 Å². The topological polar surface area (TPSA) is 94.9 Å². The number of hydrogen-bond acceptors (Lipinski definition) is 7. The highest BCUT2D eigenvalue weighted by Crippen LogP contribution is 2.30. The van der Waals surface area contributed by atoms with Crippen LogP contribution in [0.15, 0.2) is 48.5 Å². The quantitative estimate of drug-likeness (QED) is 0.293. The Morgan fingerprint density at radius 2 is 1.45 bits per heavy atom. The average Bonchev–Trinajstić information content (AvgIpc) is 2.73. The number of nitrogens with zero attached hydrogens (tertiary/aromatic N) is 2. The number of pyridine rings is 1. The van der Waals surface area contributed by atoms with Crippen molar-refractivity contribution < 1.29 is 19.7 Å². The second kappa shape index (κ2) is 14.0. The summed E-state index contributed by atoms with van der Waals surface area (Å²) < 4.78 is 5.28. The molecule has 0 bridgehead atoms. The Morgan fingerprint density at radius 3 is 2.00 bits per heavy atom. The van der Waals surface area contributed by atoms with Crippen LogP contribution in [0.3, 0.4) is 0 Å². The van der Waals surface area contributed by atoms with E-state index in [0.717, 1.165) is 27.5 Å². The number of fused-ring (bicyclic) bond motifs is 2. The van der Waals surface area contributed by atoms with E-state index >= 15 is 0 Å². The predicted molar refractivity (Wildman–Crippen MR) is 128 cm³/mol. The lowest BCUT2D eigenvalue weighted by molar-refractivity contribution is -0.143. The molecule has 0 spiro atoms. The molecule has 1 heterocycles. The maximum absolute atomic E-state index is 12.1. The smallest absolute Gasteiger partial charge is 0.307 e. The molecule has 0 saturated carbocycles. The van der Waals surface area contributed by atoms with Gasteiger partial charge in [0.2, 0.25) is 0 Å². The molecule has 1 aromatic heterocycles. The van der Waals surface area contributed by atoms with Crippen molar-refractivity contribution in [1.29, 1.82) is 0 Å². The van der Waals surface area contributed by atoms with Crippen molar-refractivity contribution >= 4 is 58.3 Å². The molecule has 3 N–H and O–H groups in total. The number of benzene rings is 2. The van der Waals surface area contributed by atoms with Gasteiger partial charge in [0, 0.05) is 37.0 Å². The minimum Gasteiger partial charge on any atom is -0.464 e. The molecule has 0 aliphatic carbocycles. The molecule has 3 aromatic rings. The highest BCUT2D eigenvalue weighted by molar-refractivity contribution is 6.07. The number of carbonyl (C=O) groups excluding carboxylic acids is 1. The average molecular weight is 470 g/mol. The summed E-state index contributed by atoms with van der Waals surface area (Å²) in [7, 11) is 0. The van der Waals surface area contributed by atoms with E-state index in [-0.39, 0.29) is 57.0 Å². The van der Waals surface area contributed by atoms with Crippen LogP contribution in [0.25, 0.3) is 21.8 Å². The van der Waals surface area contributed by atoms with Crippen LogP contribution < -0.4 is 5.32 Å². The van der Waals surface area contributed by atoms with Crippen molar-refractivity contribution in [2.75, 3.05) is 51.3 Å². The molecule has 0 saturated heterocycles. The molecule has 3 rings (SSSR count). The van der Waals surface area contributed by atoms with Crippen LogP contribution >= 0.6 is 24.8 Å². The zero-order valence-electron chi connectivity index (χ0n) is 17.2. The van der Waals surface area contributed by atoms with Crippen LogP contribution in [-0.2, 0) is 9.53 Å². The van der Waals surface area contributed by atoms with Gasteiger partial charge in [-0.25, -0.2) is 4.98 Å². The molecule has 0 unspecified atom stereocenters. The molecule has 0 fully saturated rings. The van der Waals surface area contributed by atoms with Gasteiger partial charge in [-0.15, -0.1) is 24.8 Å². The number of esters is 1. The van der Waals surface area contributed by atoms with Crippen molar-refractivity contribution in [2.45, 2.75) is 6.42 Å². The van der Waals surface area contributed by atoms with Crippen molar-refractivity contribution in [2.24, 2.45) is 0 Å². The highest BCUT2D eigenvalue weighted by atomic mass is 35.5. The van der Waals surface area contributed by atoms with E-state index in [2.05, 4.69) is 5.32 Å². The summed E-state index contributed by atoms with van der Waals surface area (Å²) in [5.74, 6) is -0.284. The van der Waals surface area contributed by atoms with Gasteiger partial charge in [0.15, 0.2) is 0 Å². The Morgan fingerprint density at radius 1 is 0.903 bits per heavy atom. The molecule has 7 nitrogen and oxygen atoms in total. The highest BCUT2D eigenvalue weighted by Gasteiger charge is 2.10. The molecular weight excluding hydrogens is 441 g/mol. The van der Waals surface area contributed by atoms with Crippen LogP contribution in [0.2, 0.25) is 0 Å². The number of aromatic nitrogens is 1. The summed E-state index contributed by atoms with van der Waals surface area (Å²) in [4.78, 5) is 18.6. The van der Waals surface area contributed by atoms with Crippen molar-refractivity contribution in [1.82, 2.24) is 9.88 Å². The van der Waals surface area contributed by atoms with E-state index in [1.807, 2.05) is 53.4 Å². The molecule has 0 aliphatic heterocycles. The normalized spacial score (nSPS) is 10.5. The molecule has 0 amide bonds. The summed E-state index contributed by atoms with van der Waals surface area (Å²) >= 11 is 0. The number of carbonyl (C=O) groups is 1. The SMILES string of the molecule is Cl.Cl.O=C(CCNc1c2ccccc2nc2ccccc12)OCCN(CCO)CCO. The minimum absolute atomic E-state index is 0. The van der Waals surface area contributed by atoms with Gasteiger partial charge in [-0.3, -0.25) is 9.69 Å². The summed E-state index contributed by atoms with van der Waals surface area (Å²) in [6, 6.07) is 15.9. The number of hydrogen-bond donors (Lipinski definition) is 3. The van der Waals surface area contributed by atoms with Crippen LogP contribution in [-0.4, -0.2) is 72.1 Å². The lowest BCUT2D eigenvalue weighted by Crippen LogP contribution is -2.33. The predicted octanol–water partition coefficient (Wildman–Crippen LogP) is 2.86. The summed E-state index contributed by atoms with van der Waals surface area (Å²) in [5.41, 5.74) is 2.78. The van der Waals surface area contributed by atoms with E-state index in [1.165, 1.54) is 0 Å². The van der Waals surface area contributed by atoms with Crippen LogP contribution in [0.1, 0.15) is 6.42 Å². The number of anilines is 1. The molecule has 0 atom stereocenters. The van der Waals surface area contributed by atoms with E-state index in [1.54, 1.807) is 0 Å². The van der Waals surface area contributed by atoms with Gasteiger partial charge in [0.05, 0.1) is 36.4 Å². The molecule has 0 aliphatic rings. The van der Waals surface area contributed by atoms with Gasteiger partial charge in [-0.1, -0.05) is 36.4 Å². The van der Waals surface area contributed by atoms with Crippen LogP contribution in [0.5, 0.6) is 0 Å².